The van der Waals surface area contributed by atoms with Crippen LogP contribution in [0.2, 0.25) is 0 Å². The Morgan fingerprint density at radius 2 is 1.43 bits per heavy atom. The van der Waals surface area contributed by atoms with Crippen molar-refractivity contribution in [2.45, 2.75) is 31.2 Å². The summed E-state index contributed by atoms with van der Waals surface area (Å²) in [5.41, 5.74) is 5.02. The van der Waals surface area contributed by atoms with Crippen molar-refractivity contribution < 1.29 is 9.47 Å². The predicted molar refractivity (Wildman–Crippen MR) is 114 cm³/mol. The van der Waals surface area contributed by atoms with E-state index in [0.29, 0.717) is 5.92 Å². The summed E-state index contributed by atoms with van der Waals surface area (Å²) < 4.78 is 10.7. The zero-order valence-corrected chi connectivity index (χ0v) is 16.7. The van der Waals surface area contributed by atoms with Gasteiger partial charge in [-0.1, -0.05) is 42.5 Å². The number of benzene rings is 3. The van der Waals surface area contributed by atoms with Crippen LogP contribution in [0.5, 0.6) is 11.5 Å². The number of hydrogen-bond acceptors (Lipinski definition) is 3. The highest BCUT2D eigenvalue weighted by atomic mass is 16.5. The van der Waals surface area contributed by atoms with Crippen molar-refractivity contribution >= 4 is 5.69 Å². The Balaban J connectivity index is 1.75. The third kappa shape index (κ3) is 3.57. The van der Waals surface area contributed by atoms with Crippen molar-refractivity contribution in [3.05, 3.63) is 89.5 Å². The van der Waals surface area contributed by atoms with E-state index in [1.807, 2.05) is 12.1 Å². The van der Waals surface area contributed by atoms with Crippen LogP contribution in [0.25, 0.3) is 0 Å². The molecule has 0 fully saturated rings. The minimum Gasteiger partial charge on any atom is -0.497 e. The number of rotatable bonds is 4. The molecule has 1 aliphatic heterocycles. The number of nitrogens with one attached hydrogen (secondary N) is 1. The number of methoxy groups -OCH3 is 2. The molecular weight excluding hydrogens is 346 g/mol. The highest BCUT2D eigenvalue weighted by Gasteiger charge is 2.34. The van der Waals surface area contributed by atoms with Crippen molar-refractivity contribution in [1.82, 2.24) is 0 Å². The molecular formula is C25H27NO2. The first-order valence-electron chi connectivity index (χ1n) is 9.76. The first kappa shape index (κ1) is 18.4. The van der Waals surface area contributed by atoms with Gasteiger partial charge in [0.05, 0.1) is 19.8 Å². The van der Waals surface area contributed by atoms with Crippen LogP contribution in [-0.4, -0.2) is 14.2 Å². The quantitative estimate of drug-likeness (QED) is 0.630. The Morgan fingerprint density at radius 1 is 0.821 bits per heavy atom. The molecule has 3 nitrogen and oxygen atoms in total. The first-order valence-corrected chi connectivity index (χ1v) is 9.76. The summed E-state index contributed by atoms with van der Waals surface area (Å²) >= 11 is 0. The minimum absolute atomic E-state index is 0.177. The van der Waals surface area contributed by atoms with Crippen molar-refractivity contribution in [2.75, 3.05) is 19.5 Å². The van der Waals surface area contributed by atoms with E-state index < -0.39 is 0 Å². The smallest absolute Gasteiger partial charge is 0.118 e. The molecule has 0 amide bonds. The van der Waals surface area contributed by atoms with Gasteiger partial charge in [-0.3, -0.25) is 0 Å². The number of hydrogen-bond donors (Lipinski definition) is 1. The van der Waals surface area contributed by atoms with E-state index in [-0.39, 0.29) is 5.54 Å². The van der Waals surface area contributed by atoms with Gasteiger partial charge in [0, 0.05) is 5.69 Å². The van der Waals surface area contributed by atoms with Gasteiger partial charge in [-0.25, -0.2) is 0 Å². The maximum Gasteiger partial charge on any atom is 0.118 e. The van der Waals surface area contributed by atoms with Crippen LogP contribution in [-0.2, 0) is 12.0 Å². The Labute approximate surface area is 167 Å². The second-order valence-electron chi connectivity index (χ2n) is 7.72. The molecule has 2 atom stereocenters. The highest BCUT2D eigenvalue weighted by Crippen LogP contribution is 2.43. The Bertz CT molecular complexity index is 934. The number of para-hydroxylation sites is 1. The second-order valence-corrected chi connectivity index (χ2v) is 7.72. The van der Waals surface area contributed by atoms with Gasteiger partial charge in [-0.2, -0.15) is 0 Å². The predicted octanol–water partition coefficient (Wildman–Crippen LogP) is 5.76. The van der Waals surface area contributed by atoms with E-state index in [4.69, 9.17) is 9.47 Å². The molecule has 1 N–H and O–H groups in total. The van der Waals surface area contributed by atoms with E-state index in [0.717, 1.165) is 24.3 Å². The maximum absolute atomic E-state index is 5.35. The average Bonchev–Trinajstić information content (AvgIpc) is 2.90. The van der Waals surface area contributed by atoms with Gasteiger partial charge in [0.1, 0.15) is 11.5 Å². The van der Waals surface area contributed by atoms with Crippen molar-refractivity contribution in [3.63, 3.8) is 0 Å². The fourth-order valence-corrected chi connectivity index (χ4v) is 4.26. The largest absolute Gasteiger partial charge is 0.497 e. The Morgan fingerprint density at radius 3 is 2.07 bits per heavy atom. The van der Waals surface area contributed by atoms with Crippen molar-refractivity contribution in [2.24, 2.45) is 0 Å². The van der Waals surface area contributed by atoms with Gasteiger partial charge < -0.3 is 14.8 Å². The summed E-state index contributed by atoms with van der Waals surface area (Å²) in [6, 6.07) is 25.6. The molecule has 28 heavy (non-hydrogen) atoms. The number of ether oxygens (including phenoxy) is 2. The van der Waals surface area contributed by atoms with E-state index in [1.54, 1.807) is 14.2 Å². The Kier molecular flexibility index (Phi) is 4.99. The summed E-state index contributed by atoms with van der Waals surface area (Å²) in [6.07, 6.45) is 2.02. The molecule has 3 aromatic rings. The molecule has 2 unspecified atom stereocenters. The molecule has 0 saturated heterocycles. The molecule has 1 aliphatic rings. The molecule has 0 spiro atoms. The lowest BCUT2D eigenvalue weighted by atomic mass is 9.79. The molecule has 3 heteroatoms. The van der Waals surface area contributed by atoms with Gasteiger partial charge >= 0.3 is 0 Å². The maximum atomic E-state index is 5.35. The van der Waals surface area contributed by atoms with Crippen LogP contribution in [0.3, 0.4) is 0 Å². The fourth-order valence-electron chi connectivity index (χ4n) is 4.26. The molecule has 4 rings (SSSR count). The molecule has 0 saturated carbocycles. The topological polar surface area (TPSA) is 30.5 Å². The lowest BCUT2D eigenvalue weighted by Crippen LogP contribution is -2.32. The van der Waals surface area contributed by atoms with E-state index in [2.05, 4.69) is 72.9 Å². The van der Waals surface area contributed by atoms with E-state index in [9.17, 15) is 0 Å². The second kappa shape index (κ2) is 7.59. The van der Waals surface area contributed by atoms with Gasteiger partial charge in [-0.05, 0) is 72.7 Å². The van der Waals surface area contributed by atoms with E-state index >= 15 is 0 Å². The van der Waals surface area contributed by atoms with Crippen LogP contribution in [0.1, 0.15) is 36.0 Å². The lowest BCUT2D eigenvalue weighted by Gasteiger charge is -2.34. The lowest BCUT2D eigenvalue weighted by molar-refractivity contribution is 0.411. The van der Waals surface area contributed by atoms with Crippen LogP contribution >= 0.6 is 0 Å². The SMILES string of the molecule is COc1ccc(C2Cc3ccccc3NC(C)(c3ccc(OC)cc3)C2)cc1. The number of anilines is 1. The number of fused-ring (bicyclic) bond motifs is 1. The van der Waals surface area contributed by atoms with Crippen LogP contribution in [0, 0.1) is 0 Å². The normalized spacial score (nSPS) is 21.2. The molecule has 1 heterocycles. The van der Waals surface area contributed by atoms with Gasteiger partial charge in [0.25, 0.3) is 0 Å². The minimum atomic E-state index is -0.177. The monoisotopic (exact) mass is 373 g/mol. The van der Waals surface area contributed by atoms with Gasteiger partial charge in [0.15, 0.2) is 0 Å². The third-order valence-electron chi connectivity index (χ3n) is 5.86. The van der Waals surface area contributed by atoms with Gasteiger partial charge in [0.2, 0.25) is 0 Å². The summed E-state index contributed by atoms with van der Waals surface area (Å²) in [4.78, 5) is 0. The van der Waals surface area contributed by atoms with Crippen LogP contribution in [0.4, 0.5) is 5.69 Å². The zero-order valence-electron chi connectivity index (χ0n) is 16.7. The molecule has 0 bridgehead atoms. The molecule has 0 radical (unpaired) electrons. The Hall–Kier alpha value is -2.94. The fraction of sp³-hybridized carbons (Fsp3) is 0.280. The molecule has 144 valence electrons. The summed E-state index contributed by atoms with van der Waals surface area (Å²) in [6.45, 7) is 2.30. The van der Waals surface area contributed by atoms with E-state index in [1.165, 1.54) is 22.4 Å². The van der Waals surface area contributed by atoms with Crippen LogP contribution in [0.15, 0.2) is 72.8 Å². The summed E-state index contributed by atoms with van der Waals surface area (Å²) in [5.74, 6) is 2.19. The summed E-state index contributed by atoms with van der Waals surface area (Å²) in [7, 11) is 3.41. The first-order chi connectivity index (χ1) is 13.6. The van der Waals surface area contributed by atoms with Gasteiger partial charge in [-0.15, -0.1) is 0 Å². The van der Waals surface area contributed by atoms with Crippen molar-refractivity contribution in [3.8, 4) is 11.5 Å². The zero-order chi connectivity index (χ0) is 19.6. The third-order valence-corrected chi connectivity index (χ3v) is 5.86. The molecule has 0 aliphatic carbocycles. The van der Waals surface area contributed by atoms with Crippen molar-refractivity contribution in [1.29, 1.82) is 0 Å². The average molecular weight is 373 g/mol. The highest BCUT2D eigenvalue weighted by molar-refractivity contribution is 5.56. The summed E-state index contributed by atoms with van der Waals surface area (Å²) in [5, 5.41) is 3.85. The standard InChI is InChI=1S/C25H27NO2/c1-25(21-10-14-23(28-3)15-11-21)17-20(18-8-12-22(27-2)13-9-18)16-19-6-4-5-7-24(19)26-25/h4-15,20,26H,16-17H2,1-3H3. The molecule has 3 aromatic carbocycles. The molecule has 0 aromatic heterocycles. The van der Waals surface area contributed by atoms with Crippen LogP contribution < -0.4 is 14.8 Å².